The van der Waals surface area contributed by atoms with Gasteiger partial charge in [0.15, 0.2) is 17.3 Å². The monoisotopic (exact) mass is 316 g/mol. The third-order valence-electron chi connectivity index (χ3n) is 4.10. The molecule has 2 aliphatic heterocycles. The third-order valence-corrected chi connectivity index (χ3v) is 4.10. The Morgan fingerprint density at radius 2 is 1.74 bits per heavy atom. The number of aromatic nitrogens is 2. The molecule has 2 aromatic rings. The van der Waals surface area contributed by atoms with Crippen LogP contribution in [-0.4, -0.2) is 47.8 Å². The molecule has 1 aromatic carbocycles. The molecule has 0 radical (unpaired) electrons. The van der Waals surface area contributed by atoms with E-state index in [0.717, 1.165) is 44.2 Å². The molecule has 3 heterocycles. The SMILES string of the molecule is Fc1cnc(N2CCN(Cc3ccc4c(c3)OCO4)CC2)nc1. The summed E-state index contributed by atoms with van der Waals surface area (Å²) in [5.41, 5.74) is 1.21. The zero-order chi connectivity index (χ0) is 15.6. The summed E-state index contributed by atoms with van der Waals surface area (Å²) >= 11 is 0. The van der Waals surface area contributed by atoms with Crippen LogP contribution < -0.4 is 14.4 Å². The zero-order valence-electron chi connectivity index (χ0n) is 12.6. The molecule has 1 aromatic heterocycles. The van der Waals surface area contributed by atoms with Gasteiger partial charge in [-0.25, -0.2) is 14.4 Å². The average Bonchev–Trinajstić information content (AvgIpc) is 3.04. The molecular formula is C16H17FN4O2. The van der Waals surface area contributed by atoms with Crippen LogP contribution in [0.2, 0.25) is 0 Å². The minimum absolute atomic E-state index is 0.301. The number of anilines is 1. The van der Waals surface area contributed by atoms with Gasteiger partial charge >= 0.3 is 0 Å². The van der Waals surface area contributed by atoms with Gasteiger partial charge in [0.2, 0.25) is 12.7 Å². The van der Waals surface area contributed by atoms with Crippen molar-refractivity contribution in [2.24, 2.45) is 0 Å². The quantitative estimate of drug-likeness (QED) is 0.858. The van der Waals surface area contributed by atoms with E-state index in [1.165, 1.54) is 18.0 Å². The lowest BCUT2D eigenvalue weighted by Crippen LogP contribution is -2.46. The Kier molecular flexibility index (Phi) is 3.70. The molecule has 7 heteroatoms. The van der Waals surface area contributed by atoms with Crippen molar-refractivity contribution in [3.8, 4) is 11.5 Å². The van der Waals surface area contributed by atoms with Crippen LogP contribution in [0.25, 0.3) is 0 Å². The number of hydrogen-bond acceptors (Lipinski definition) is 6. The van der Waals surface area contributed by atoms with Gasteiger partial charge in [0.1, 0.15) is 0 Å². The van der Waals surface area contributed by atoms with E-state index >= 15 is 0 Å². The van der Waals surface area contributed by atoms with Crippen LogP contribution in [0.5, 0.6) is 11.5 Å². The van der Waals surface area contributed by atoms with Gasteiger partial charge in [-0.2, -0.15) is 0 Å². The predicted molar refractivity (Wildman–Crippen MR) is 82.0 cm³/mol. The number of benzene rings is 1. The Bertz CT molecular complexity index is 687. The summed E-state index contributed by atoms with van der Waals surface area (Å²) in [6, 6.07) is 6.07. The second-order valence-corrected chi connectivity index (χ2v) is 5.65. The highest BCUT2D eigenvalue weighted by Crippen LogP contribution is 2.32. The van der Waals surface area contributed by atoms with Crippen molar-refractivity contribution < 1.29 is 13.9 Å². The summed E-state index contributed by atoms with van der Waals surface area (Å²) in [6.45, 7) is 4.65. The molecule has 1 saturated heterocycles. The molecule has 23 heavy (non-hydrogen) atoms. The van der Waals surface area contributed by atoms with E-state index in [0.29, 0.717) is 12.7 Å². The molecule has 0 N–H and O–H groups in total. The topological polar surface area (TPSA) is 50.7 Å². The molecule has 6 nitrogen and oxygen atoms in total. The normalized spacial score (nSPS) is 17.5. The van der Waals surface area contributed by atoms with Crippen LogP contribution in [0.4, 0.5) is 10.3 Å². The highest BCUT2D eigenvalue weighted by Gasteiger charge is 2.20. The standard InChI is InChI=1S/C16H17FN4O2/c17-13-8-18-16(19-9-13)21-5-3-20(4-6-21)10-12-1-2-14-15(7-12)23-11-22-14/h1-2,7-9H,3-6,10-11H2. The van der Waals surface area contributed by atoms with E-state index in [1.807, 2.05) is 12.1 Å². The van der Waals surface area contributed by atoms with E-state index in [2.05, 4.69) is 25.8 Å². The summed E-state index contributed by atoms with van der Waals surface area (Å²) in [7, 11) is 0. The molecule has 2 aliphatic rings. The molecule has 1 fully saturated rings. The van der Waals surface area contributed by atoms with Crippen molar-refractivity contribution >= 4 is 5.95 Å². The average molecular weight is 316 g/mol. The summed E-state index contributed by atoms with van der Waals surface area (Å²) in [5, 5.41) is 0. The fourth-order valence-electron chi connectivity index (χ4n) is 2.87. The van der Waals surface area contributed by atoms with Gasteiger partial charge in [-0.05, 0) is 17.7 Å². The van der Waals surface area contributed by atoms with E-state index in [4.69, 9.17) is 9.47 Å². The van der Waals surface area contributed by atoms with Crippen LogP contribution in [0.1, 0.15) is 5.56 Å². The molecule has 0 spiro atoms. The second kappa shape index (κ2) is 6.00. The Labute approximate surface area is 133 Å². The van der Waals surface area contributed by atoms with Crippen LogP contribution >= 0.6 is 0 Å². The maximum atomic E-state index is 12.9. The molecule has 0 atom stereocenters. The number of halogens is 1. The Morgan fingerprint density at radius 3 is 2.52 bits per heavy atom. The largest absolute Gasteiger partial charge is 0.454 e. The molecule has 4 rings (SSSR count). The van der Waals surface area contributed by atoms with E-state index in [1.54, 1.807) is 0 Å². The lowest BCUT2D eigenvalue weighted by molar-refractivity contribution is 0.174. The number of hydrogen-bond donors (Lipinski definition) is 0. The number of piperazine rings is 1. The Balaban J connectivity index is 1.35. The minimum atomic E-state index is -0.407. The fourth-order valence-corrected chi connectivity index (χ4v) is 2.87. The first-order valence-corrected chi connectivity index (χ1v) is 7.61. The Morgan fingerprint density at radius 1 is 1.00 bits per heavy atom. The van der Waals surface area contributed by atoms with Crippen molar-refractivity contribution in [2.75, 3.05) is 37.9 Å². The van der Waals surface area contributed by atoms with Gasteiger partial charge in [-0.1, -0.05) is 6.07 Å². The number of ether oxygens (including phenoxy) is 2. The van der Waals surface area contributed by atoms with Gasteiger partial charge in [-0.15, -0.1) is 0 Å². The van der Waals surface area contributed by atoms with Gasteiger partial charge in [0.25, 0.3) is 0 Å². The molecular weight excluding hydrogens is 299 g/mol. The van der Waals surface area contributed by atoms with Crippen molar-refractivity contribution in [2.45, 2.75) is 6.54 Å². The maximum absolute atomic E-state index is 12.9. The number of nitrogens with zero attached hydrogens (tertiary/aromatic N) is 4. The number of rotatable bonds is 3. The van der Waals surface area contributed by atoms with Gasteiger partial charge < -0.3 is 14.4 Å². The molecule has 0 bridgehead atoms. The van der Waals surface area contributed by atoms with E-state index in [-0.39, 0.29) is 0 Å². The van der Waals surface area contributed by atoms with E-state index < -0.39 is 5.82 Å². The predicted octanol–water partition coefficient (Wildman–Crippen LogP) is 1.67. The summed E-state index contributed by atoms with van der Waals surface area (Å²) in [6.07, 6.45) is 2.42. The minimum Gasteiger partial charge on any atom is -0.454 e. The molecule has 120 valence electrons. The smallest absolute Gasteiger partial charge is 0.231 e. The van der Waals surface area contributed by atoms with Crippen molar-refractivity contribution in [1.82, 2.24) is 14.9 Å². The van der Waals surface area contributed by atoms with Crippen LogP contribution in [-0.2, 0) is 6.54 Å². The van der Waals surface area contributed by atoms with Crippen LogP contribution in [0.3, 0.4) is 0 Å². The second-order valence-electron chi connectivity index (χ2n) is 5.65. The first-order chi connectivity index (χ1) is 11.3. The highest BCUT2D eigenvalue weighted by molar-refractivity contribution is 5.44. The van der Waals surface area contributed by atoms with Gasteiger partial charge in [-0.3, -0.25) is 4.90 Å². The highest BCUT2D eigenvalue weighted by atomic mass is 19.1. The molecule has 0 aliphatic carbocycles. The maximum Gasteiger partial charge on any atom is 0.231 e. The van der Waals surface area contributed by atoms with Crippen molar-refractivity contribution in [3.63, 3.8) is 0 Å². The first kappa shape index (κ1) is 14.2. The van der Waals surface area contributed by atoms with E-state index in [9.17, 15) is 4.39 Å². The van der Waals surface area contributed by atoms with Gasteiger partial charge in [0, 0.05) is 32.7 Å². The van der Waals surface area contributed by atoms with Crippen LogP contribution in [0.15, 0.2) is 30.6 Å². The number of fused-ring (bicyclic) bond motifs is 1. The van der Waals surface area contributed by atoms with Crippen LogP contribution in [0, 0.1) is 5.82 Å². The summed E-state index contributed by atoms with van der Waals surface area (Å²) in [4.78, 5) is 12.5. The van der Waals surface area contributed by atoms with Gasteiger partial charge in [0.05, 0.1) is 12.4 Å². The zero-order valence-corrected chi connectivity index (χ0v) is 12.6. The lowest BCUT2D eigenvalue weighted by atomic mass is 10.1. The lowest BCUT2D eigenvalue weighted by Gasteiger charge is -2.34. The molecule has 0 unspecified atom stereocenters. The third kappa shape index (κ3) is 3.05. The molecule has 0 amide bonds. The summed E-state index contributed by atoms with van der Waals surface area (Å²) < 4.78 is 23.6. The van der Waals surface area contributed by atoms with Crippen molar-refractivity contribution in [1.29, 1.82) is 0 Å². The molecule has 0 saturated carbocycles. The Hall–Kier alpha value is -2.41. The van der Waals surface area contributed by atoms with Crippen molar-refractivity contribution in [3.05, 3.63) is 42.0 Å². The summed E-state index contributed by atoms with van der Waals surface area (Å²) in [5.74, 6) is 1.82. The first-order valence-electron chi connectivity index (χ1n) is 7.61. The fraction of sp³-hybridized carbons (Fsp3) is 0.375.